The summed E-state index contributed by atoms with van der Waals surface area (Å²) >= 11 is 23.5. The Kier molecular flexibility index (Phi) is 59.9. The van der Waals surface area contributed by atoms with E-state index in [2.05, 4.69) is 27.7 Å². The fourth-order valence-electron chi connectivity index (χ4n) is 11.7. The molecule has 4 rings (SSSR count). The van der Waals surface area contributed by atoms with Crippen LogP contribution in [0.15, 0.2) is 121 Å². The molecule has 0 radical (unpaired) electrons. The molecule has 4 aromatic rings. The van der Waals surface area contributed by atoms with Crippen molar-refractivity contribution in [3.63, 3.8) is 0 Å². The molecule has 0 saturated carbocycles. The summed E-state index contributed by atoms with van der Waals surface area (Å²) in [6.07, 6.45) is 54.5. The number of rotatable bonds is 64. The second-order valence-electron chi connectivity index (χ2n) is 26.2. The monoisotopic (exact) mass is 1470 g/mol. The van der Waals surface area contributed by atoms with Crippen LogP contribution in [0.4, 0.5) is 0 Å². The number of ether oxygens (including phenoxy) is 4. The van der Waals surface area contributed by atoms with Gasteiger partial charge in [-0.25, -0.2) is 0 Å². The van der Waals surface area contributed by atoms with E-state index in [0.717, 1.165) is 74.4 Å². The van der Waals surface area contributed by atoms with Crippen molar-refractivity contribution in [3.05, 3.63) is 121 Å². The molecule has 15 heteroatoms. The summed E-state index contributed by atoms with van der Waals surface area (Å²) in [5.74, 6) is 3.33. The molecular weight excluding hydrogens is 1340 g/mol. The molecule has 536 valence electrons. The van der Waals surface area contributed by atoms with Crippen LogP contribution in [-0.2, 0) is 85.7 Å². The van der Waals surface area contributed by atoms with Gasteiger partial charge in [-0.2, -0.15) is 0 Å². The van der Waals surface area contributed by atoms with Crippen LogP contribution in [-0.4, -0.2) is 50.8 Å². The third-order valence-corrected chi connectivity index (χ3v) is 21.6. The molecule has 0 aromatic heterocycles. The zero-order valence-electron chi connectivity index (χ0n) is 60.3. The first-order valence-electron chi connectivity index (χ1n) is 38.1. The van der Waals surface area contributed by atoms with E-state index in [1.54, 1.807) is 0 Å². The van der Waals surface area contributed by atoms with Crippen LogP contribution in [0.2, 0.25) is 0 Å². The van der Waals surface area contributed by atoms with Crippen LogP contribution in [0.25, 0.3) is 0 Å². The molecule has 95 heavy (non-hydrogen) atoms. The Morgan fingerprint density at radius 3 is 0.558 bits per heavy atom. The summed E-state index contributed by atoms with van der Waals surface area (Å²) in [6.45, 7) is 10.8. The van der Waals surface area contributed by atoms with Crippen molar-refractivity contribution < 1.29 is 56.5 Å². The van der Waals surface area contributed by atoms with Crippen LogP contribution in [0, 0.1) is 0 Å². The van der Waals surface area contributed by atoms with Gasteiger partial charge < -0.3 is 61.5 Å². The fraction of sp³-hybridized carbons (Fsp3) is 0.700. The predicted octanol–water partition coefficient (Wildman–Crippen LogP) is 26.6. The fourth-order valence-corrected chi connectivity index (χ4v) is 16.9. The molecule has 0 heterocycles. The smallest absolute Gasteiger partial charge is 0.691 e. The molecule has 0 aliphatic carbocycles. The van der Waals surface area contributed by atoms with Gasteiger partial charge in [0.2, 0.25) is 0 Å². The first kappa shape index (κ1) is 89.6. The van der Waals surface area contributed by atoms with Gasteiger partial charge in [0.1, 0.15) is 49.4 Å². The quantitative estimate of drug-likeness (QED) is 0.0183. The molecule has 0 aliphatic rings. The Labute approximate surface area is 616 Å². The topological polar surface area (TPSA) is 73.8 Å². The van der Waals surface area contributed by atoms with Gasteiger partial charge in [-0.05, 0) is 74.2 Å². The van der Waals surface area contributed by atoms with Crippen molar-refractivity contribution in [2.24, 2.45) is 0 Å². The summed E-state index contributed by atoms with van der Waals surface area (Å²) < 4.78 is 50.4. The normalized spacial score (nSPS) is 13.9. The van der Waals surface area contributed by atoms with Crippen molar-refractivity contribution in [3.8, 4) is 23.0 Å². The van der Waals surface area contributed by atoms with Gasteiger partial charge in [-0.15, -0.1) is 0 Å². The number of para-hydroxylation sites is 4. The maximum absolute atomic E-state index is 6.46. The van der Waals surface area contributed by atoms with Gasteiger partial charge in [0.05, 0.1) is 35.8 Å². The first-order valence-corrected chi connectivity index (χ1v) is 45.4. The number of benzene rings is 4. The van der Waals surface area contributed by atoms with Crippen LogP contribution in [0.3, 0.4) is 0 Å². The van der Waals surface area contributed by atoms with E-state index in [1.807, 2.05) is 121 Å². The van der Waals surface area contributed by atoms with Crippen LogP contribution in [0.1, 0.15) is 310 Å². The number of unbranched alkanes of at least 4 members (excludes halogenated alkanes) is 36. The maximum Gasteiger partial charge on any atom is 2.00 e. The van der Waals surface area contributed by atoms with Crippen molar-refractivity contribution in [1.29, 1.82) is 0 Å². The molecular formula is C80H132O8P2S4Zn. The second kappa shape index (κ2) is 63.5. The predicted molar refractivity (Wildman–Crippen MR) is 416 cm³/mol. The molecule has 0 fully saturated rings. The van der Waals surface area contributed by atoms with Crippen molar-refractivity contribution in [2.75, 3.05) is 26.4 Å². The van der Waals surface area contributed by atoms with E-state index in [0.29, 0.717) is 26.4 Å². The minimum absolute atomic E-state index is 0. The standard InChI is InChI=1S/2C40H67O4PS2.Zn/c2*1-3-5-7-9-11-13-15-17-19-23-33-39(35-41-37-29-25-21-26-30-37)43-45(46,47)44-40(36-42-38-31-27-22-28-32-38)34-24-20-18-16-14-12-10-8-6-4-2;/h2*21-22,25-32,39-40H,3-20,23-24,33-36H2,1-2H3,(H,46,47);/q;;+2/p-2. The van der Waals surface area contributed by atoms with Crippen molar-refractivity contribution in [1.82, 2.24) is 0 Å². The van der Waals surface area contributed by atoms with E-state index in [1.165, 1.54) is 231 Å². The molecule has 0 saturated heterocycles. The van der Waals surface area contributed by atoms with Gasteiger partial charge in [-0.1, -0.05) is 381 Å². The van der Waals surface area contributed by atoms with Crippen molar-refractivity contribution >= 4 is 59.5 Å². The Morgan fingerprint density at radius 2 is 0.400 bits per heavy atom. The molecule has 0 N–H and O–H groups in total. The summed E-state index contributed by atoms with van der Waals surface area (Å²) in [6, 6.07) is 39.6. The Morgan fingerprint density at radius 1 is 0.253 bits per heavy atom. The third kappa shape index (κ3) is 54.0. The zero-order valence-corrected chi connectivity index (χ0v) is 68.3. The van der Waals surface area contributed by atoms with Crippen LogP contribution < -0.4 is 18.9 Å². The van der Waals surface area contributed by atoms with E-state index in [4.69, 9.17) is 85.2 Å². The zero-order chi connectivity index (χ0) is 67.4. The third-order valence-electron chi connectivity index (χ3n) is 17.3. The van der Waals surface area contributed by atoms with E-state index < -0.39 is 11.4 Å². The first-order chi connectivity index (χ1) is 46.0. The van der Waals surface area contributed by atoms with Crippen molar-refractivity contribution in [2.45, 2.75) is 335 Å². The molecule has 4 aromatic carbocycles. The molecule has 8 nitrogen and oxygen atoms in total. The minimum Gasteiger partial charge on any atom is -0.691 e. The molecule has 0 aliphatic heterocycles. The molecule has 0 amide bonds. The SMILES string of the molecule is CCCCCCCCCCCCC(COc1ccccc1)OP(=S)([S-])OC(CCCCCCCCCCCC)COc1ccccc1.CCCCCCCCCCCCC(COc1ccccc1)OP(=S)([S-])OC(CCCCCCCCCCCC)COc1ccccc1.[Zn+2]. The summed E-state index contributed by atoms with van der Waals surface area (Å²) in [5, 5.41) is 0. The summed E-state index contributed by atoms with van der Waals surface area (Å²) in [7, 11) is 0. The van der Waals surface area contributed by atoms with Gasteiger partial charge in [0.25, 0.3) is 0 Å². The average Bonchev–Trinajstić information content (AvgIpc) is 1.12. The van der Waals surface area contributed by atoms with Gasteiger partial charge in [0, 0.05) is 0 Å². The number of hydrogen-bond acceptors (Lipinski definition) is 12. The largest absolute Gasteiger partial charge is 2.00 e. The average molecular weight is 1480 g/mol. The molecule has 0 bridgehead atoms. The summed E-state index contributed by atoms with van der Waals surface area (Å²) in [4.78, 5) is 0. The molecule has 4 atom stereocenters. The Hall–Kier alpha value is -1.46. The van der Waals surface area contributed by atoms with Crippen LogP contribution in [0.5, 0.6) is 23.0 Å². The number of hydrogen-bond donors (Lipinski definition) is 0. The Bertz CT molecular complexity index is 2040. The van der Waals surface area contributed by atoms with Gasteiger partial charge in [-0.3, -0.25) is 0 Å². The summed E-state index contributed by atoms with van der Waals surface area (Å²) in [5.41, 5.74) is -5.90. The molecule has 0 spiro atoms. The second-order valence-corrected chi connectivity index (χ2v) is 36.0. The Balaban J connectivity index is 0.000000640. The van der Waals surface area contributed by atoms with E-state index >= 15 is 0 Å². The maximum atomic E-state index is 6.46. The van der Waals surface area contributed by atoms with E-state index in [-0.39, 0.29) is 43.9 Å². The van der Waals surface area contributed by atoms with E-state index in [9.17, 15) is 0 Å². The van der Waals surface area contributed by atoms with Gasteiger partial charge in [0.15, 0.2) is 0 Å². The molecule has 4 unspecified atom stereocenters. The minimum atomic E-state index is -2.95. The van der Waals surface area contributed by atoms with Gasteiger partial charge >= 0.3 is 19.5 Å². The van der Waals surface area contributed by atoms with Crippen LogP contribution >= 0.6 is 11.4 Å².